The van der Waals surface area contributed by atoms with Gasteiger partial charge in [0.05, 0.1) is 42.9 Å². The molecule has 2 aromatic heterocycles. The minimum Gasteiger partial charge on any atom is -0.497 e. The van der Waals surface area contributed by atoms with Gasteiger partial charge < -0.3 is 13.9 Å². The Balaban J connectivity index is 1.49. The number of aryl methyl sites for hydroxylation is 1. The van der Waals surface area contributed by atoms with Crippen LogP contribution in [-0.4, -0.2) is 28.8 Å². The Kier molecular flexibility index (Phi) is 6.77. The average Bonchev–Trinajstić information content (AvgIpc) is 3.29. The van der Waals surface area contributed by atoms with Crippen molar-refractivity contribution in [1.82, 2.24) is 14.5 Å². The minimum absolute atomic E-state index is 0.0856. The van der Waals surface area contributed by atoms with Crippen LogP contribution in [0.25, 0.3) is 22.4 Å². The van der Waals surface area contributed by atoms with Gasteiger partial charge in [0.15, 0.2) is 5.16 Å². The van der Waals surface area contributed by atoms with E-state index in [2.05, 4.69) is 0 Å². The van der Waals surface area contributed by atoms with E-state index in [0.29, 0.717) is 45.8 Å². The fraction of sp³-hybridized carbons (Fsp3) is 0.179. The van der Waals surface area contributed by atoms with E-state index in [-0.39, 0.29) is 5.56 Å². The number of para-hydroxylation sites is 2. The average molecular weight is 500 g/mol. The van der Waals surface area contributed by atoms with Crippen LogP contribution in [0, 0.1) is 6.92 Å². The van der Waals surface area contributed by atoms with Crippen molar-refractivity contribution < 1.29 is 13.9 Å². The largest absolute Gasteiger partial charge is 0.497 e. The Morgan fingerprint density at radius 2 is 1.75 bits per heavy atom. The first kappa shape index (κ1) is 23.7. The molecule has 0 spiro atoms. The van der Waals surface area contributed by atoms with E-state index < -0.39 is 0 Å². The summed E-state index contributed by atoms with van der Waals surface area (Å²) in [6.45, 7) is 2.26. The van der Waals surface area contributed by atoms with Gasteiger partial charge in [0.2, 0.25) is 5.89 Å². The monoisotopic (exact) mass is 499 g/mol. The topological polar surface area (TPSA) is 79.4 Å². The molecule has 0 N–H and O–H groups in total. The number of thioether (sulfide) groups is 1. The van der Waals surface area contributed by atoms with Crippen LogP contribution in [0.4, 0.5) is 0 Å². The standard InChI is InChI=1S/C28H25N3O4S/c1-18-24(29-26(35-18)22-12-5-7-14-25(22)34-3)17-36-28-30-23-13-6-4-11-21(23)27(32)31(28)16-19-9-8-10-20(15-19)33-2/h4-15H,16-17H2,1-3H3. The van der Waals surface area contributed by atoms with Crippen molar-refractivity contribution in [3.63, 3.8) is 0 Å². The summed E-state index contributed by atoms with van der Waals surface area (Å²) in [6, 6.07) is 22.7. The van der Waals surface area contributed by atoms with Crippen molar-refractivity contribution in [2.75, 3.05) is 14.2 Å². The Morgan fingerprint density at radius 1 is 0.944 bits per heavy atom. The Morgan fingerprint density at radius 3 is 2.58 bits per heavy atom. The van der Waals surface area contributed by atoms with Crippen LogP contribution in [0.1, 0.15) is 17.0 Å². The number of oxazole rings is 1. The normalized spacial score (nSPS) is 11.1. The molecule has 0 unspecified atom stereocenters. The molecule has 0 saturated carbocycles. The number of methoxy groups -OCH3 is 2. The minimum atomic E-state index is -0.0856. The zero-order chi connectivity index (χ0) is 25.1. The molecule has 0 aliphatic heterocycles. The summed E-state index contributed by atoms with van der Waals surface area (Å²) in [4.78, 5) is 23.0. The lowest BCUT2D eigenvalue weighted by atomic mass is 10.2. The number of ether oxygens (including phenoxy) is 2. The molecule has 0 atom stereocenters. The van der Waals surface area contributed by atoms with Gasteiger partial charge in [-0.2, -0.15) is 0 Å². The van der Waals surface area contributed by atoms with Gasteiger partial charge >= 0.3 is 0 Å². The van der Waals surface area contributed by atoms with Crippen molar-refractivity contribution in [1.29, 1.82) is 0 Å². The highest BCUT2D eigenvalue weighted by Crippen LogP contribution is 2.32. The number of nitrogens with zero attached hydrogens (tertiary/aromatic N) is 3. The Labute approximate surface area is 212 Å². The van der Waals surface area contributed by atoms with Crippen molar-refractivity contribution >= 4 is 22.7 Å². The first-order chi connectivity index (χ1) is 17.6. The zero-order valence-corrected chi connectivity index (χ0v) is 21.0. The highest BCUT2D eigenvalue weighted by Gasteiger charge is 2.17. The number of fused-ring (bicyclic) bond motifs is 1. The quantitative estimate of drug-likeness (QED) is 0.200. The summed E-state index contributed by atoms with van der Waals surface area (Å²) in [6.07, 6.45) is 0. The Bertz CT molecular complexity index is 1590. The molecule has 0 saturated heterocycles. The summed E-state index contributed by atoms with van der Waals surface area (Å²) in [5.74, 6) is 3.14. The van der Waals surface area contributed by atoms with Crippen molar-refractivity contribution in [3.8, 4) is 23.0 Å². The number of hydrogen-bond donors (Lipinski definition) is 0. The van der Waals surface area contributed by atoms with E-state index in [4.69, 9.17) is 23.9 Å². The molecular formula is C28H25N3O4S. The van der Waals surface area contributed by atoms with E-state index in [0.717, 1.165) is 22.6 Å². The predicted molar refractivity (Wildman–Crippen MR) is 141 cm³/mol. The van der Waals surface area contributed by atoms with Gasteiger partial charge in [-0.05, 0) is 48.9 Å². The number of hydrogen-bond acceptors (Lipinski definition) is 7. The number of benzene rings is 3. The van der Waals surface area contributed by atoms with Crippen molar-refractivity contribution in [2.45, 2.75) is 24.4 Å². The van der Waals surface area contributed by atoms with E-state index in [1.54, 1.807) is 18.8 Å². The smallest absolute Gasteiger partial charge is 0.262 e. The predicted octanol–water partition coefficient (Wildman–Crippen LogP) is 5.72. The summed E-state index contributed by atoms with van der Waals surface area (Å²) in [5.41, 5.74) is 3.11. The molecule has 0 radical (unpaired) electrons. The molecule has 0 aliphatic rings. The van der Waals surface area contributed by atoms with Gasteiger partial charge in [0, 0.05) is 5.75 Å². The molecule has 2 heterocycles. The van der Waals surface area contributed by atoms with Crippen molar-refractivity contribution in [2.24, 2.45) is 0 Å². The molecular weight excluding hydrogens is 474 g/mol. The lowest BCUT2D eigenvalue weighted by Crippen LogP contribution is -2.24. The van der Waals surface area contributed by atoms with Crippen molar-refractivity contribution in [3.05, 3.63) is 100 Å². The lowest BCUT2D eigenvalue weighted by Gasteiger charge is -2.13. The third kappa shape index (κ3) is 4.72. The SMILES string of the molecule is COc1cccc(Cn2c(SCc3nc(-c4ccccc4OC)oc3C)nc3ccccc3c2=O)c1. The second-order valence-electron chi connectivity index (χ2n) is 8.17. The van der Waals surface area contributed by atoms with Gasteiger partial charge in [0.1, 0.15) is 17.3 Å². The molecule has 5 aromatic rings. The number of rotatable bonds is 8. The fourth-order valence-electron chi connectivity index (χ4n) is 3.98. The maximum atomic E-state index is 13.5. The molecule has 5 rings (SSSR count). The molecule has 8 heteroatoms. The third-order valence-electron chi connectivity index (χ3n) is 5.87. The van der Waals surface area contributed by atoms with E-state index in [9.17, 15) is 4.79 Å². The molecule has 0 bridgehead atoms. The first-order valence-electron chi connectivity index (χ1n) is 11.4. The Hall–Kier alpha value is -4.04. The maximum absolute atomic E-state index is 13.5. The second kappa shape index (κ2) is 10.3. The zero-order valence-electron chi connectivity index (χ0n) is 20.2. The van der Waals surface area contributed by atoms with Crippen LogP contribution in [0.2, 0.25) is 0 Å². The second-order valence-corrected chi connectivity index (χ2v) is 9.11. The molecule has 7 nitrogen and oxygen atoms in total. The van der Waals surface area contributed by atoms with Gasteiger partial charge in [0.25, 0.3) is 5.56 Å². The third-order valence-corrected chi connectivity index (χ3v) is 6.86. The molecule has 0 aliphatic carbocycles. The van der Waals surface area contributed by atoms with Gasteiger partial charge in [-0.25, -0.2) is 9.97 Å². The van der Waals surface area contributed by atoms with Gasteiger partial charge in [-0.1, -0.05) is 48.2 Å². The summed E-state index contributed by atoms with van der Waals surface area (Å²) < 4.78 is 18.5. The highest BCUT2D eigenvalue weighted by atomic mass is 32.2. The highest BCUT2D eigenvalue weighted by molar-refractivity contribution is 7.98. The summed E-state index contributed by atoms with van der Waals surface area (Å²) in [5, 5.41) is 1.20. The van der Waals surface area contributed by atoms with Crippen LogP contribution in [0.3, 0.4) is 0 Å². The first-order valence-corrected chi connectivity index (χ1v) is 12.4. The molecule has 182 valence electrons. The van der Waals surface area contributed by atoms with Crippen LogP contribution < -0.4 is 15.0 Å². The molecule has 0 fully saturated rings. The number of aromatic nitrogens is 3. The van der Waals surface area contributed by atoms with Crippen LogP contribution in [0.5, 0.6) is 11.5 Å². The lowest BCUT2D eigenvalue weighted by molar-refractivity contribution is 0.414. The van der Waals surface area contributed by atoms with Crippen LogP contribution >= 0.6 is 11.8 Å². The van der Waals surface area contributed by atoms with E-state index >= 15 is 0 Å². The maximum Gasteiger partial charge on any atom is 0.262 e. The van der Waals surface area contributed by atoms with E-state index in [1.807, 2.05) is 79.7 Å². The molecule has 3 aromatic carbocycles. The molecule has 0 amide bonds. The van der Waals surface area contributed by atoms with Gasteiger partial charge in [-0.3, -0.25) is 9.36 Å². The summed E-state index contributed by atoms with van der Waals surface area (Å²) in [7, 11) is 3.25. The van der Waals surface area contributed by atoms with Gasteiger partial charge in [-0.15, -0.1) is 0 Å². The van der Waals surface area contributed by atoms with E-state index in [1.165, 1.54) is 11.8 Å². The summed E-state index contributed by atoms with van der Waals surface area (Å²) >= 11 is 1.46. The molecule has 36 heavy (non-hydrogen) atoms. The van der Waals surface area contributed by atoms with Crippen LogP contribution in [-0.2, 0) is 12.3 Å². The fourth-order valence-corrected chi connectivity index (χ4v) is 4.98. The van der Waals surface area contributed by atoms with Crippen LogP contribution in [0.15, 0.2) is 87.2 Å².